The average Bonchev–Trinajstić information content (AvgIpc) is 3.10. The van der Waals surface area contributed by atoms with E-state index >= 15 is 0 Å². The summed E-state index contributed by atoms with van der Waals surface area (Å²) in [4.78, 5) is 113. The van der Waals surface area contributed by atoms with Gasteiger partial charge in [0.2, 0.25) is 29.5 Å². The molecule has 0 unspecified atom stereocenters. The van der Waals surface area contributed by atoms with E-state index in [4.69, 9.17) is 0 Å². The molecule has 54 heavy (non-hydrogen) atoms. The van der Waals surface area contributed by atoms with E-state index in [2.05, 4.69) is 16.0 Å². The van der Waals surface area contributed by atoms with E-state index in [0.29, 0.717) is 12.0 Å². The Labute approximate surface area is 313 Å². The Balaban J connectivity index is 2.31. The molecular formula is C35H43N5O13S. The lowest BCUT2D eigenvalue weighted by atomic mass is 9.98. The molecule has 0 saturated heterocycles. The smallest absolute Gasteiger partial charge is 0.327 e. The van der Waals surface area contributed by atoms with Crippen LogP contribution in [0, 0.1) is 5.92 Å². The molecule has 0 saturated carbocycles. The fourth-order valence-corrected chi connectivity index (χ4v) is 5.57. The summed E-state index contributed by atoms with van der Waals surface area (Å²) < 4.78 is 0. The summed E-state index contributed by atoms with van der Waals surface area (Å²) in [5, 5.41) is 48.7. The number of amides is 5. The van der Waals surface area contributed by atoms with Crippen LogP contribution >= 0.6 is 11.8 Å². The molecule has 2 aromatic carbocycles. The molecule has 0 aliphatic heterocycles. The van der Waals surface area contributed by atoms with Crippen LogP contribution in [0.2, 0.25) is 0 Å². The van der Waals surface area contributed by atoms with Gasteiger partial charge in [0.1, 0.15) is 30.2 Å². The number of carboxylic acid groups (broad SMARTS) is 4. The molecule has 292 valence electrons. The normalized spacial score (nSPS) is 14.0. The van der Waals surface area contributed by atoms with E-state index in [0.717, 1.165) is 17.3 Å². The number of rotatable bonds is 23. The van der Waals surface area contributed by atoms with Gasteiger partial charge in [-0.3, -0.25) is 38.4 Å². The van der Waals surface area contributed by atoms with Crippen molar-refractivity contribution in [3.8, 4) is 0 Å². The number of thioether (sulfide) groups is 1. The first-order chi connectivity index (χ1) is 25.5. The van der Waals surface area contributed by atoms with E-state index < -0.39 is 109 Å². The second kappa shape index (κ2) is 22.2. The van der Waals surface area contributed by atoms with Crippen LogP contribution in [0.15, 0.2) is 60.7 Å². The summed E-state index contributed by atoms with van der Waals surface area (Å²) >= 11 is 1.05. The molecule has 0 heterocycles. The highest BCUT2D eigenvalue weighted by Crippen LogP contribution is 2.11. The van der Waals surface area contributed by atoms with E-state index in [1.54, 1.807) is 55.6 Å². The maximum Gasteiger partial charge on any atom is 0.327 e. The van der Waals surface area contributed by atoms with Crippen LogP contribution in [-0.2, 0) is 56.0 Å². The molecule has 0 spiro atoms. The minimum absolute atomic E-state index is 0.0748. The van der Waals surface area contributed by atoms with Gasteiger partial charge in [-0.2, -0.15) is 11.8 Å². The Kier molecular flexibility index (Phi) is 18.1. The van der Waals surface area contributed by atoms with Gasteiger partial charge in [0.05, 0.1) is 19.3 Å². The molecule has 9 N–H and O–H groups in total. The summed E-state index contributed by atoms with van der Waals surface area (Å²) in [7, 11) is 0. The molecule has 0 aromatic heterocycles. The largest absolute Gasteiger partial charge is 0.481 e. The molecule has 0 aliphatic carbocycles. The molecule has 0 bridgehead atoms. The van der Waals surface area contributed by atoms with Crippen molar-refractivity contribution < 1.29 is 63.6 Å². The van der Waals surface area contributed by atoms with Crippen LogP contribution < -0.4 is 26.6 Å². The minimum atomic E-state index is -2.03. The summed E-state index contributed by atoms with van der Waals surface area (Å²) in [5.74, 6) is -12.4. The van der Waals surface area contributed by atoms with Crippen molar-refractivity contribution in [3.63, 3.8) is 0 Å². The summed E-state index contributed by atoms with van der Waals surface area (Å²) in [6.45, 7) is 1.65. The fraction of sp³-hybridized carbons (Fsp3) is 0.400. The zero-order chi connectivity index (χ0) is 40.4. The van der Waals surface area contributed by atoms with Crippen LogP contribution in [-0.4, -0.2) is 116 Å². The van der Waals surface area contributed by atoms with E-state index in [-0.39, 0.29) is 12.2 Å². The van der Waals surface area contributed by atoms with Gasteiger partial charge in [0.15, 0.2) is 0 Å². The van der Waals surface area contributed by atoms with Gasteiger partial charge in [-0.15, -0.1) is 0 Å². The van der Waals surface area contributed by atoms with Gasteiger partial charge < -0.3 is 47.0 Å². The molecular weight excluding hydrogens is 730 g/mol. The van der Waals surface area contributed by atoms with Crippen molar-refractivity contribution in [2.75, 3.05) is 12.0 Å². The van der Waals surface area contributed by atoms with Crippen molar-refractivity contribution in [3.05, 3.63) is 71.8 Å². The monoisotopic (exact) mass is 773 g/mol. The summed E-state index contributed by atoms with van der Waals surface area (Å²) in [5.41, 5.74) is 1.46. The van der Waals surface area contributed by atoms with Crippen molar-refractivity contribution in [2.45, 2.75) is 69.2 Å². The van der Waals surface area contributed by atoms with Crippen molar-refractivity contribution in [1.82, 2.24) is 26.6 Å². The molecule has 2 rings (SSSR count). The number of carboxylic acids is 4. The Morgan fingerprint density at radius 2 is 0.833 bits per heavy atom. The fourth-order valence-electron chi connectivity index (χ4n) is 5.02. The zero-order valence-electron chi connectivity index (χ0n) is 29.4. The van der Waals surface area contributed by atoms with Gasteiger partial charge in [0, 0.05) is 18.1 Å². The summed E-state index contributed by atoms with van der Waals surface area (Å²) in [6, 6.07) is 8.88. The van der Waals surface area contributed by atoms with Crippen LogP contribution in [0.3, 0.4) is 0 Å². The number of carbonyl (C=O) groups excluding carboxylic acids is 5. The summed E-state index contributed by atoms with van der Waals surface area (Å²) in [6.07, 6.45) is -1.45. The second-order valence-electron chi connectivity index (χ2n) is 12.2. The molecule has 5 amide bonds. The maximum atomic E-state index is 13.6. The highest BCUT2D eigenvalue weighted by molar-refractivity contribution is 7.98. The quantitative estimate of drug-likeness (QED) is 0.0682. The van der Waals surface area contributed by atoms with Crippen molar-refractivity contribution >= 4 is 65.2 Å². The maximum absolute atomic E-state index is 13.6. The number of hydrogen-bond donors (Lipinski definition) is 9. The first-order valence-electron chi connectivity index (χ1n) is 16.5. The second-order valence-corrected chi connectivity index (χ2v) is 13.1. The molecule has 0 fully saturated rings. The van der Waals surface area contributed by atoms with Gasteiger partial charge in [0.25, 0.3) is 0 Å². The predicted molar refractivity (Wildman–Crippen MR) is 192 cm³/mol. The third kappa shape index (κ3) is 15.7. The Bertz CT molecular complexity index is 1660. The van der Waals surface area contributed by atoms with Crippen molar-refractivity contribution in [2.24, 2.45) is 5.92 Å². The first kappa shape index (κ1) is 44.2. The van der Waals surface area contributed by atoms with E-state index in [1.807, 2.05) is 28.8 Å². The van der Waals surface area contributed by atoms with Gasteiger partial charge in [-0.25, -0.2) is 4.79 Å². The lowest BCUT2D eigenvalue weighted by Crippen LogP contribution is -2.60. The van der Waals surface area contributed by atoms with Crippen LogP contribution in [0.5, 0.6) is 0 Å². The highest BCUT2D eigenvalue weighted by atomic mass is 32.2. The molecule has 2 aromatic rings. The lowest BCUT2D eigenvalue weighted by molar-refractivity contribution is -0.145. The van der Waals surface area contributed by atoms with Crippen LogP contribution in [0.25, 0.3) is 0 Å². The molecule has 0 aliphatic rings. The molecule has 18 nitrogen and oxygen atoms in total. The Hall–Kier alpha value is -5.98. The number of nitrogens with one attached hydrogen (secondary N) is 5. The van der Waals surface area contributed by atoms with Crippen LogP contribution in [0.4, 0.5) is 0 Å². The van der Waals surface area contributed by atoms with E-state index in [1.165, 1.54) is 0 Å². The standard InChI is InChI=1S/C35H43N5O13S/c1-19(13-20-9-5-3-6-10-20)30(47)36-22(14-21-11-7-4-8-12-21)31(48)37-23(15-27(41)42)32(49)38-24(16-28(43)44)33(50)39-25(17-29(45)46)34(51)40-26(18-54-2)35(52)53/h3-12,19,22-26H,13-18H2,1-2H3,(H,36,47)(H,37,48)(H,38,49)(H,39,50)(H,40,51)(H,41,42)(H,43,44)(H,45,46)(H,52,53)/t19-,22-,23-,24-,25-,26-/m0/s1. The first-order valence-corrected chi connectivity index (χ1v) is 17.9. The molecule has 19 heteroatoms. The number of benzene rings is 2. The minimum Gasteiger partial charge on any atom is -0.481 e. The van der Waals surface area contributed by atoms with Crippen molar-refractivity contribution in [1.29, 1.82) is 0 Å². The third-order valence-corrected chi connectivity index (χ3v) is 8.40. The van der Waals surface area contributed by atoms with Gasteiger partial charge in [-0.05, 0) is 23.8 Å². The zero-order valence-corrected chi connectivity index (χ0v) is 30.2. The third-order valence-electron chi connectivity index (χ3n) is 7.73. The number of hydrogen-bond acceptors (Lipinski definition) is 10. The Morgan fingerprint density at radius 1 is 0.500 bits per heavy atom. The highest BCUT2D eigenvalue weighted by Gasteiger charge is 2.35. The molecule has 6 atom stereocenters. The Morgan fingerprint density at radius 3 is 1.19 bits per heavy atom. The van der Waals surface area contributed by atoms with Gasteiger partial charge in [-0.1, -0.05) is 67.6 Å². The SMILES string of the molecule is CSC[C@H](NC(=O)[C@H](CC(=O)O)NC(=O)[C@H](CC(=O)O)NC(=O)[C@H](CC(=O)O)NC(=O)[C@H](Cc1ccccc1)NC(=O)[C@@H](C)Cc1ccccc1)C(=O)O. The van der Waals surface area contributed by atoms with Crippen LogP contribution in [0.1, 0.15) is 37.3 Å². The number of carbonyl (C=O) groups is 9. The lowest BCUT2D eigenvalue weighted by Gasteiger charge is -2.26. The van der Waals surface area contributed by atoms with E-state index in [9.17, 15) is 63.6 Å². The topological polar surface area (TPSA) is 295 Å². The average molecular weight is 774 g/mol. The molecule has 0 radical (unpaired) electrons. The predicted octanol–water partition coefficient (Wildman–Crippen LogP) is -0.596. The van der Waals surface area contributed by atoms with Gasteiger partial charge >= 0.3 is 23.9 Å². The number of aliphatic carboxylic acids is 4.